The van der Waals surface area contributed by atoms with Crippen molar-refractivity contribution in [1.82, 2.24) is 14.6 Å². The topological polar surface area (TPSA) is 48.7 Å². The van der Waals surface area contributed by atoms with E-state index in [1.165, 1.54) is 4.70 Å². The highest BCUT2D eigenvalue weighted by molar-refractivity contribution is 7.99. The zero-order chi connectivity index (χ0) is 17.9. The van der Waals surface area contributed by atoms with Crippen molar-refractivity contribution in [1.29, 1.82) is 0 Å². The second kappa shape index (κ2) is 7.55. The maximum absolute atomic E-state index is 5.81. The van der Waals surface area contributed by atoms with Crippen LogP contribution in [0, 0.1) is 0 Å². The lowest BCUT2D eigenvalue weighted by molar-refractivity contribution is 0.242. The molecule has 0 aliphatic carbocycles. The molecule has 2 aromatic heterocycles. The lowest BCUT2D eigenvalue weighted by Crippen LogP contribution is -2.05. The van der Waals surface area contributed by atoms with Crippen molar-refractivity contribution in [3.05, 3.63) is 48.5 Å². The van der Waals surface area contributed by atoms with Crippen molar-refractivity contribution in [3.63, 3.8) is 0 Å². The van der Waals surface area contributed by atoms with Crippen LogP contribution in [0.4, 0.5) is 0 Å². The van der Waals surface area contributed by atoms with Gasteiger partial charge in [0.05, 0.1) is 22.9 Å². The maximum atomic E-state index is 5.81. The van der Waals surface area contributed by atoms with Crippen LogP contribution in [-0.4, -0.2) is 33.1 Å². The van der Waals surface area contributed by atoms with E-state index in [0.29, 0.717) is 6.61 Å². The molecule has 0 saturated heterocycles. The normalized spacial score (nSPS) is 11.5. The van der Waals surface area contributed by atoms with Gasteiger partial charge in [-0.15, -0.1) is 10.2 Å². The van der Waals surface area contributed by atoms with Gasteiger partial charge in [-0.25, -0.2) is 0 Å². The number of hydrogen-bond acceptors (Lipinski definition) is 6. The van der Waals surface area contributed by atoms with Gasteiger partial charge in [0.25, 0.3) is 0 Å². The summed E-state index contributed by atoms with van der Waals surface area (Å²) in [7, 11) is 0. The summed E-state index contributed by atoms with van der Waals surface area (Å²) in [6, 6.07) is 16.0. The van der Waals surface area contributed by atoms with Crippen LogP contribution < -0.4 is 9.47 Å². The molecule has 5 nitrogen and oxygen atoms in total. The van der Waals surface area contributed by atoms with Crippen LogP contribution in [0.3, 0.4) is 0 Å². The maximum Gasteiger partial charge on any atom is 0.217 e. The second-order valence-corrected chi connectivity index (χ2v) is 8.08. The first kappa shape index (κ1) is 17.2. The molecule has 0 fully saturated rings. The molecular formula is C19H19N3O2S2. The smallest absolute Gasteiger partial charge is 0.217 e. The minimum atomic E-state index is 0.173. The molecule has 2 heterocycles. The van der Waals surface area contributed by atoms with Crippen molar-refractivity contribution >= 4 is 38.3 Å². The zero-order valence-electron chi connectivity index (χ0n) is 14.6. The second-order valence-electron chi connectivity index (χ2n) is 6.01. The van der Waals surface area contributed by atoms with Gasteiger partial charge in [0.2, 0.25) is 4.96 Å². The van der Waals surface area contributed by atoms with Crippen LogP contribution in [0.25, 0.3) is 15.2 Å². The SMILES string of the molecule is CC(C)Oc1ccc(OCCSc2nnc3sc4ccccc4n23)cc1. The molecule has 0 bridgehead atoms. The summed E-state index contributed by atoms with van der Waals surface area (Å²) in [5.74, 6) is 2.50. The van der Waals surface area contributed by atoms with Gasteiger partial charge in [-0.05, 0) is 50.2 Å². The fourth-order valence-electron chi connectivity index (χ4n) is 2.63. The summed E-state index contributed by atoms with van der Waals surface area (Å²) in [5.41, 5.74) is 1.15. The van der Waals surface area contributed by atoms with E-state index < -0.39 is 0 Å². The molecule has 134 valence electrons. The summed E-state index contributed by atoms with van der Waals surface area (Å²) in [4.78, 5) is 0.926. The predicted molar refractivity (Wildman–Crippen MR) is 107 cm³/mol. The summed E-state index contributed by atoms with van der Waals surface area (Å²) < 4.78 is 14.8. The van der Waals surface area contributed by atoms with E-state index in [9.17, 15) is 0 Å². The molecule has 0 amide bonds. The number of hydrogen-bond donors (Lipinski definition) is 0. The Bertz CT molecular complexity index is 1010. The molecule has 0 atom stereocenters. The lowest BCUT2D eigenvalue weighted by atomic mass is 10.3. The number of para-hydroxylation sites is 1. The third-order valence-corrected chi connectivity index (χ3v) is 5.59. The van der Waals surface area contributed by atoms with Gasteiger partial charge >= 0.3 is 0 Å². The molecule has 0 radical (unpaired) electrons. The molecule has 0 aliphatic heterocycles. The van der Waals surface area contributed by atoms with Gasteiger partial charge < -0.3 is 9.47 Å². The molecular weight excluding hydrogens is 366 g/mol. The summed E-state index contributed by atoms with van der Waals surface area (Å²) in [6.07, 6.45) is 0.173. The number of thiazole rings is 1. The highest BCUT2D eigenvalue weighted by Gasteiger charge is 2.12. The van der Waals surface area contributed by atoms with E-state index in [2.05, 4.69) is 26.7 Å². The molecule has 0 saturated carbocycles. The standard InChI is InChI=1S/C19H19N3O2S2/c1-13(2)24-15-9-7-14(8-10-15)23-11-12-25-18-20-21-19-22(18)16-5-3-4-6-17(16)26-19/h3-10,13H,11-12H2,1-2H3. The van der Waals surface area contributed by atoms with Crippen LogP contribution in [0.1, 0.15) is 13.8 Å². The van der Waals surface area contributed by atoms with E-state index in [1.54, 1.807) is 23.1 Å². The summed E-state index contributed by atoms with van der Waals surface area (Å²) >= 11 is 3.31. The minimum absolute atomic E-state index is 0.173. The number of fused-ring (bicyclic) bond motifs is 3. The summed E-state index contributed by atoms with van der Waals surface area (Å²) in [6.45, 7) is 4.63. The first-order valence-electron chi connectivity index (χ1n) is 8.46. The molecule has 2 aromatic carbocycles. The molecule has 26 heavy (non-hydrogen) atoms. The first-order chi connectivity index (χ1) is 12.7. The van der Waals surface area contributed by atoms with E-state index in [-0.39, 0.29) is 6.10 Å². The quantitative estimate of drug-likeness (QED) is 0.334. The molecule has 4 rings (SSSR count). The number of ether oxygens (including phenoxy) is 2. The number of thioether (sulfide) groups is 1. The number of benzene rings is 2. The minimum Gasteiger partial charge on any atom is -0.493 e. The number of rotatable bonds is 7. The Labute approximate surface area is 160 Å². The lowest BCUT2D eigenvalue weighted by Gasteiger charge is -2.10. The summed E-state index contributed by atoms with van der Waals surface area (Å²) in [5, 5.41) is 9.49. The Morgan fingerprint density at radius 3 is 2.62 bits per heavy atom. The van der Waals surface area contributed by atoms with Crippen molar-refractivity contribution < 1.29 is 9.47 Å². The Kier molecular flexibility index (Phi) is 4.99. The fourth-order valence-corrected chi connectivity index (χ4v) is 4.41. The molecule has 0 N–H and O–H groups in total. The van der Waals surface area contributed by atoms with E-state index >= 15 is 0 Å². The van der Waals surface area contributed by atoms with Gasteiger partial charge in [-0.2, -0.15) is 0 Å². The zero-order valence-corrected chi connectivity index (χ0v) is 16.2. The van der Waals surface area contributed by atoms with Crippen LogP contribution in [0.2, 0.25) is 0 Å². The Morgan fingerprint density at radius 1 is 1.04 bits per heavy atom. The van der Waals surface area contributed by atoms with E-state index in [1.807, 2.05) is 50.2 Å². The van der Waals surface area contributed by atoms with Crippen LogP contribution in [-0.2, 0) is 0 Å². The Morgan fingerprint density at radius 2 is 1.81 bits per heavy atom. The van der Waals surface area contributed by atoms with Crippen molar-refractivity contribution in [2.24, 2.45) is 0 Å². The third kappa shape index (κ3) is 3.64. The monoisotopic (exact) mass is 385 g/mol. The first-order valence-corrected chi connectivity index (χ1v) is 10.3. The van der Waals surface area contributed by atoms with Crippen LogP contribution >= 0.6 is 23.1 Å². The molecule has 7 heteroatoms. The van der Waals surface area contributed by atoms with Gasteiger partial charge in [0.15, 0.2) is 5.16 Å². The van der Waals surface area contributed by atoms with Gasteiger partial charge in [-0.1, -0.05) is 35.2 Å². The largest absolute Gasteiger partial charge is 0.493 e. The number of nitrogens with zero attached hydrogens (tertiary/aromatic N) is 3. The Balaban J connectivity index is 1.36. The highest BCUT2D eigenvalue weighted by Crippen LogP contribution is 2.29. The Hall–Kier alpha value is -2.25. The predicted octanol–water partition coefficient (Wildman–Crippen LogP) is 4.90. The molecule has 0 unspecified atom stereocenters. The molecule has 0 spiro atoms. The molecule has 0 aliphatic rings. The van der Waals surface area contributed by atoms with Crippen LogP contribution in [0.5, 0.6) is 11.5 Å². The van der Waals surface area contributed by atoms with Crippen LogP contribution in [0.15, 0.2) is 53.7 Å². The van der Waals surface area contributed by atoms with E-state index in [4.69, 9.17) is 9.47 Å². The third-order valence-electron chi connectivity index (χ3n) is 3.69. The van der Waals surface area contributed by atoms with Crippen molar-refractivity contribution in [2.75, 3.05) is 12.4 Å². The fraction of sp³-hybridized carbons (Fsp3) is 0.263. The highest BCUT2D eigenvalue weighted by atomic mass is 32.2. The van der Waals surface area contributed by atoms with Crippen molar-refractivity contribution in [2.45, 2.75) is 25.1 Å². The molecule has 4 aromatic rings. The van der Waals surface area contributed by atoms with E-state index in [0.717, 1.165) is 32.9 Å². The van der Waals surface area contributed by atoms with Gasteiger partial charge in [-0.3, -0.25) is 4.40 Å². The van der Waals surface area contributed by atoms with Gasteiger partial charge in [0, 0.05) is 5.75 Å². The average Bonchev–Trinajstić information content (AvgIpc) is 3.19. The number of aromatic nitrogens is 3. The van der Waals surface area contributed by atoms with Crippen molar-refractivity contribution in [3.8, 4) is 11.5 Å². The average molecular weight is 386 g/mol. The van der Waals surface area contributed by atoms with Gasteiger partial charge in [0.1, 0.15) is 11.5 Å².